The number of benzene rings is 3. The molecule has 0 atom stereocenters. The van der Waals surface area contributed by atoms with Gasteiger partial charge in [0.15, 0.2) is 0 Å². The van der Waals surface area contributed by atoms with Gasteiger partial charge in [-0.05, 0) is 61.0 Å². The standard InChI is InChI=1S/C35H26O8/c1-6-31(36)40-27-17-11-24(12-18-27)10-16-26-22-30(42-33(38)8-3)29(35(23(26)5)43-34(39)9-4)21-15-25-13-19-28(20-14-25)41-32(37)7-2/h6-9,11-15,17-22H,1-4H2,5H3. The molecule has 0 saturated heterocycles. The lowest BCUT2D eigenvalue weighted by molar-refractivity contribution is -0.130. The summed E-state index contributed by atoms with van der Waals surface area (Å²) in [4.78, 5) is 47.4. The smallest absolute Gasteiger partial charge is 0.335 e. The van der Waals surface area contributed by atoms with Crippen molar-refractivity contribution in [1.82, 2.24) is 0 Å². The van der Waals surface area contributed by atoms with Gasteiger partial charge >= 0.3 is 23.9 Å². The highest BCUT2D eigenvalue weighted by molar-refractivity contribution is 5.89. The molecule has 8 heteroatoms. The number of hydrogen-bond acceptors (Lipinski definition) is 8. The molecule has 0 heterocycles. The predicted molar refractivity (Wildman–Crippen MR) is 162 cm³/mol. The Kier molecular flexibility index (Phi) is 10.9. The molecule has 0 N–H and O–H groups in total. The fourth-order valence-corrected chi connectivity index (χ4v) is 3.44. The van der Waals surface area contributed by atoms with Crippen LogP contribution >= 0.6 is 0 Å². The summed E-state index contributed by atoms with van der Waals surface area (Å²) in [5, 5.41) is 0. The Morgan fingerprint density at radius 1 is 0.628 bits per heavy atom. The van der Waals surface area contributed by atoms with E-state index in [1.165, 1.54) is 0 Å². The van der Waals surface area contributed by atoms with Crippen molar-refractivity contribution in [2.24, 2.45) is 0 Å². The van der Waals surface area contributed by atoms with Gasteiger partial charge in [-0.1, -0.05) is 56.4 Å². The minimum Gasteiger partial charge on any atom is -0.423 e. The van der Waals surface area contributed by atoms with Crippen molar-refractivity contribution in [3.8, 4) is 34.8 Å². The highest BCUT2D eigenvalue weighted by Crippen LogP contribution is 2.37. The monoisotopic (exact) mass is 574 g/mol. The van der Waals surface area contributed by atoms with Crippen LogP contribution in [0.25, 0.3) is 12.2 Å². The molecule has 214 valence electrons. The van der Waals surface area contributed by atoms with Crippen LogP contribution in [0.4, 0.5) is 0 Å². The Morgan fingerprint density at radius 2 is 1.12 bits per heavy atom. The minimum absolute atomic E-state index is 0.0612. The van der Waals surface area contributed by atoms with Gasteiger partial charge in [-0.25, -0.2) is 19.2 Å². The van der Waals surface area contributed by atoms with Crippen LogP contribution in [0.1, 0.15) is 27.8 Å². The second-order valence-corrected chi connectivity index (χ2v) is 8.47. The Labute approximate surface area is 248 Å². The fraction of sp³-hybridized carbons (Fsp3) is 0.0286. The second kappa shape index (κ2) is 15.0. The zero-order valence-corrected chi connectivity index (χ0v) is 23.3. The summed E-state index contributed by atoms with van der Waals surface area (Å²) in [7, 11) is 0. The van der Waals surface area contributed by atoms with Gasteiger partial charge in [0.1, 0.15) is 23.0 Å². The first kappa shape index (κ1) is 31.3. The molecule has 43 heavy (non-hydrogen) atoms. The molecule has 0 amide bonds. The molecule has 0 aromatic heterocycles. The minimum atomic E-state index is -0.739. The van der Waals surface area contributed by atoms with E-state index >= 15 is 0 Å². The average Bonchev–Trinajstić information content (AvgIpc) is 3.02. The van der Waals surface area contributed by atoms with E-state index in [1.807, 2.05) is 0 Å². The van der Waals surface area contributed by atoms with Gasteiger partial charge in [-0.3, -0.25) is 0 Å². The Hall–Kier alpha value is -6.20. The van der Waals surface area contributed by atoms with Crippen molar-refractivity contribution in [2.75, 3.05) is 0 Å². The van der Waals surface area contributed by atoms with E-state index in [1.54, 1.807) is 73.7 Å². The van der Waals surface area contributed by atoms with Crippen molar-refractivity contribution in [1.29, 1.82) is 0 Å². The number of carbonyl (C=O) groups is 4. The van der Waals surface area contributed by atoms with Crippen molar-refractivity contribution in [3.63, 3.8) is 0 Å². The quantitative estimate of drug-likeness (QED) is 0.0965. The molecule has 3 aromatic carbocycles. The number of ether oxygens (including phenoxy) is 4. The van der Waals surface area contributed by atoms with Crippen molar-refractivity contribution in [2.45, 2.75) is 6.92 Å². The van der Waals surface area contributed by atoms with Crippen LogP contribution in [0, 0.1) is 18.8 Å². The van der Waals surface area contributed by atoms with Crippen LogP contribution in [0.5, 0.6) is 23.0 Å². The van der Waals surface area contributed by atoms with Crippen LogP contribution < -0.4 is 18.9 Å². The topological polar surface area (TPSA) is 105 Å². The Balaban J connectivity index is 2.08. The molecule has 0 spiro atoms. The lowest BCUT2D eigenvalue weighted by atomic mass is 10.0. The van der Waals surface area contributed by atoms with Gasteiger partial charge in [0.2, 0.25) is 0 Å². The van der Waals surface area contributed by atoms with Crippen molar-refractivity contribution in [3.05, 3.63) is 133 Å². The summed E-state index contributed by atoms with van der Waals surface area (Å²) >= 11 is 0. The van der Waals surface area contributed by atoms with E-state index in [-0.39, 0.29) is 17.1 Å². The molecule has 0 bridgehead atoms. The molecule has 3 rings (SSSR count). The molecular weight excluding hydrogens is 548 g/mol. The highest BCUT2D eigenvalue weighted by Gasteiger charge is 2.19. The summed E-state index contributed by atoms with van der Waals surface area (Å²) in [5.41, 5.74) is 2.47. The second-order valence-electron chi connectivity index (χ2n) is 8.47. The third kappa shape index (κ3) is 8.90. The molecule has 0 unspecified atom stereocenters. The summed E-state index contributed by atoms with van der Waals surface area (Å²) in [6.07, 6.45) is 7.42. The Bertz CT molecular complexity index is 1700. The first-order valence-corrected chi connectivity index (χ1v) is 12.6. The number of rotatable bonds is 10. The maximum absolute atomic E-state index is 12.3. The summed E-state index contributed by atoms with van der Waals surface area (Å²) in [5.74, 6) is 4.17. The third-order valence-electron chi connectivity index (χ3n) is 5.57. The molecule has 0 fully saturated rings. The largest absolute Gasteiger partial charge is 0.423 e. The van der Waals surface area contributed by atoms with Crippen molar-refractivity contribution >= 4 is 36.0 Å². The fourth-order valence-electron chi connectivity index (χ4n) is 3.44. The zero-order valence-electron chi connectivity index (χ0n) is 23.3. The molecule has 3 aromatic rings. The van der Waals surface area contributed by atoms with Gasteiger partial charge in [0.05, 0.1) is 5.56 Å². The SMILES string of the molecule is C=CC(=O)Oc1ccc(C#Cc2cc(OC(=O)C=C)c(C=Cc3ccc(OC(=O)C=C)cc3)c(OC(=O)C=C)c2C)cc1. The number of hydrogen-bond donors (Lipinski definition) is 0. The average molecular weight is 575 g/mol. The lowest BCUT2D eigenvalue weighted by Gasteiger charge is -2.15. The van der Waals surface area contributed by atoms with Crippen LogP contribution in [0.15, 0.2) is 105 Å². The van der Waals surface area contributed by atoms with E-state index < -0.39 is 23.9 Å². The normalized spacial score (nSPS) is 9.98. The highest BCUT2D eigenvalue weighted by atomic mass is 16.6. The summed E-state index contributed by atoms with van der Waals surface area (Å²) in [6, 6.07) is 14.6. The number of carbonyl (C=O) groups excluding carboxylic acids is 4. The van der Waals surface area contributed by atoms with Crippen LogP contribution in [0.3, 0.4) is 0 Å². The molecule has 8 nitrogen and oxygen atoms in total. The van der Waals surface area contributed by atoms with E-state index in [4.69, 9.17) is 18.9 Å². The van der Waals surface area contributed by atoms with Gasteiger partial charge in [-0.15, -0.1) is 0 Å². The number of esters is 4. The molecule has 0 aliphatic rings. The summed E-state index contributed by atoms with van der Waals surface area (Å²) in [6.45, 7) is 15.3. The maximum Gasteiger partial charge on any atom is 0.335 e. The van der Waals surface area contributed by atoms with Crippen LogP contribution in [-0.2, 0) is 19.2 Å². The Morgan fingerprint density at radius 3 is 1.65 bits per heavy atom. The van der Waals surface area contributed by atoms with Crippen molar-refractivity contribution < 1.29 is 38.1 Å². The lowest BCUT2D eigenvalue weighted by Crippen LogP contribution is -2.10. The third-order valence-corrected chi connectivity index (χ3v) is 5.57. The van der Waals surface area contributed by atoms with Gasteiger partial charge in [-0.2, -0.15) is 0 Å². The molecule has 0 aliphatic carbocycles. The van der Waals surface area contributed by atoms with Gasteiger partial charge in [0.25, 0.3) is 0 Å². The summed E-state index contributed by atoms with van der Waals surface area (Å²) < 4.78 is 21.3. The predicted octanol–water partition coefficient (Wildman–Crippen LogP) is 5.93. The van der Waals surface area contributed by atoms with Crippen LogP contribution in [-0.4, -0.2) is 23.9 Å². The van der Waals surface area contributed by atoms with Gasteiger partial charge in [0, 0.05) is 41.0 Å². The van der Waals surface area contributed by atoms with E-state index in [0.29, 0.717) is 33.8 Å². The molecular formula is C35H26O8. The van der Waals surface area contributed by atoms with E-state index in [0.717, 1.165) is 24.3 Å². The van der Waals surface area contributed by atoms with E-state index in [2.05, 4.69) is 38.2 Å². The molecule has 0 radical (unpaired) electrons. The zero-order chi connectivity index (χ0) is 31.4. The van der Waals surface area contributed by atoms with E-state index in [9.17, 15) is 19.2 Å². The van der Waals surface area contributed by atoms with Gasteiger partial charge < -0.3 is 18.9 Å². The van der Waals surface area contributed by atoms with Crippen LogP contribution in [0.2, 0.25) is 0 Å². The molecule has 0 saturated carbocycles. The maximum atomic E-state index is 12.3. The first-order valence-electron chi connectivity index (χ1n) is 12.6. The molecule has 0 aliphatic heterocycles. The first-order chi connectivity index (χ1) is 20.7.